The number of urea groups is 1. The van der Waals surface area contributed by atoms with Crippen molar-refractivity contribution >= 4 is 21.8 Å². The number of rotatable bonds is 18. The van der Waals surface area contributed by atoms with Crippen LogP contribution in [0.5, 0.6) is 11.5 Å². The molecule has 54 heavy (non-hydrogen) atoms. The maximum Gasteiger partial charge on any atom is 0.420 e. The number of ether oxygens (including phenoxy) is 4. The zero-order valence-electron chi connectivity index (χ0n) is 30.6. The lowest BCUT2D eigenvalue weighted by Crippen LogP contribution is -2.48. The van der Waals surface area contributed by atoms with Crippen molar-refractivity contribution in [2.45, 2.75) is 37.0 Å². The number of amides is 3. The predicted molar refractivity (Wildman–Crippen MR) is 187 cm³/mol. The number of halogens is 3. The highest BCUT2D eigenvalue weighted by Crippen LogP contribution is 2.41. The number of benzene rings is 2. The van der Waals surface area contributed by atoms with E-state index >= 15 is 0 Å². The molecule has 0 N–H and O–H groups in total. The predicted octanol–water partition coefficient (Wildman–Crippen LogP) is 3.79. The fourth-order valence-corrected chi connectivity index (χ4v) is 7.52. The molecule has 15 nitrogen and oxygen atoms in total. The van der Waals surface area contributed by atoms with Gasteiger partial charge < -0.3 is 28.4 Å². The van der Waals surface area contributed by atoms with Crippen LogP contribution in [0.1, 0.15) is 25.3 Å². The van der Waals surface area contributed by atoms with E-state index in [2.05, 4.69) is 15.0 Å². The molecular formula is C35H45F3N6O9S. The van der Waals surface area contributed by atoms with Crippen molar-refractivity contribution in [1.82, 2.24) is 29.7 Å². The molecule has 0 atom stereocenters. The highest BCUT2D eigenvalue weighted by Gasteiger charge is 2.51. The van der Waals surface area contributed by atoms with E-state index in [4.69, 9.17) is 23.5 Å². The van der Waals surface area contributed by atoms with E-state index in [1.54, 1.807) is 13.8 Å². The molecule has 2 aliphatic heterocycles. The zero-order chi connectivity index (χ0) is 39.1. The summed E-state index contributed by atoms with van der Waals surface area (Å²) in [6, 6.07) is 8.00. The van der Waals surface area contributed by atoms with Crippen molar-refractivity contribution in [1.29, 1.82) is 0 Å². The first-order valence-corrected chi connectivity index (χ1v) is 19.0. The summed E-state index contributed by atoms with van der Waals surface area (Å²) in [6.07, 6.45) is -4.93. The summed E-state index contributed by atoms with van der Waals surface area (Å²) in [5.41, 5.74) is -2.45. The van der Waals surface area contributed by atoms with Gasteiger partial charge in [0.25, 0.3) is 5.91 Å². The molecule has 2 saturated heterocycles. The van der Waals surface area contributed by atoms with Crippen LogP contribution in [0.3, 0.4) is 0 Å². The van der Waals surface area contributed by atoms with Crippen molar-refractivity contribution < 1.29 is 54.6 Å². The van der Waals surface area contributed by atoms with Crippen molar-refractivity contribution in [3.8, 4) is 22.9 Å². The molecule has 0 saturated carbocycles. The van der Waals surface area contributed by atoms with E-state index in [0.29, 0.717) is 65.7 Å². The summed E-state index contributed by atoms with van der Waals surface area (Å²) in [6.45, 7) is 8.16. The van der Waals surface area contributed by atoms with Crippen molar-refractivity contribution in [2.75, 3.05) is 92.2 Å². The van der Waals surface area contributed by atoms with Gasteiger partial charge in [0.15, 0.2) is 9.84 Å². The van der Waals surface area contributed by atoms with Gasteiger partial charge in [-0.3, -0.25) is 19.5 Å². The molecule has 0 aliphatic carbocycles. The molecule has 2 aliphatic rings. The number of methoxy groups -OCH3 is 2. The Balaban J connectivity index is 1.32. The third-order valence-corrected chi connectivity index (χ3v) is 11.0. The SMILES string of the molecule is COCCN(CCOC)CCS(=O)(=O)c1ccccc1Oc1ccc(-c2noc(CN3C(=O)N(CCN4CCOCC4)C(C)(C)C3=O)n2)cc1C(F)(F)F. The number of para-hydroxylation sites is 1. The van der Waals surface area contributed by atoms with Crippen LogP contribution in [0.2, 0.25) is 0 Å². The quantitative estimate of drug-likeness (QED) is 0.172. The molecule has 0 spiro atoms. The number of carbonyl (C=O) groups is 2. The van der Waals surface area contributed by atoms with Crippen LogP contribution in [-0.2, 0) is 41.6 Å². The summed E-state index contributed by atoms with van der Waals surface area (Å²) >= 11 is 0. The second kappa shape index (κ2) is 17.5. The Hall–Kier alpha value is -4.14. The molecule has 5 rings (SSSR count). The van der Waals surface area contributed by atoms with Gasteiger partial charge in [-0.15, -0.1) is 0 Å². The molecular weight excluding hydrogens is 737 g/mol. The number of nitrogens with zero attached hydrogens (tertiary/aromatic N) is 6. The zero-order valence-corrected chi connectivity index (χ0v) is 31.4. The molecule has 296 valence electrons. The number of imide groups is 1. The summed E-state index contributed by atoms with van der Waals surface area (Å²) in [4.78, 5) is 37.0. The van der Waals surface area contributed by atoms with Crippen LogP contribution in [0.4, 0.5) is 18.0 Å². The van der Waals surface area contributed by atoms with E-state index in [1.165, 1.54) is 49.5 Å². The number of aromatic nitrogens is 2. The van der Waals surface area contributed by atoms with Gasteiger partial charge in [0.1, 0.15) is 28.5 Å². The van der Waals surface area contributed by atoms with E-state index < -0.39 is 44.8 Å². The number of morpholine rings is 1. The second-order valence-corrected chi connectivity index (χ2v) is 15.3. The third-order valence-electron chi connectivity index (χ3n) is 9.26. The van der Waals surface area contributed by atoms with Gasteiger partial charge in [0, 0.05) is 65.6 Å². The lowest BCUT2D eigenvalue weighted by molar-refractivity contribution is -0.138. The van der Waals surface area contributed by atoms with Crippen LogP contribution in [0, 0.1) is 0 Å². The number of sulfone groups is 1. The lowest BCUT2D eigenvalue weighted by Gasteiger charge is -2.32. The number of hydrogen-bond acceptors (Lipinski definition) is 13. The van der Waals surface area contributed by atoms with Crippen molar-refractivity contribution in [3.63, 3.8) is 0 Å². The highest BCUT2D eigenvalue weighted by molar-refractivity contribution is 7.91. The Morgan fingerprint density at radius 3 is 2.30 bits per heavy atom. The van der Waals surface area contributed by atoms with Crippen LogP contribution in [0.25, 0.3) is 11.4 Å². The molecule has 0 radical (unpaired) electrons. The standard InChI is InChI=1S/C35H45F3N6O9S/c1-34(2)32(45)43(33(46)44(34)12-11-41-15-20-51-21-16-41)24-30-39-31(40-53-30)25-9-10-27(26(23-25)35(36,37)38)52-28-7-5-6-8-29(28)54(47,48)22-17-42(13-18-49-3)14-19-50-4/h5-10,23H,11-22,24H2,1-4H3. The lowest BCUT2D eigenvalue weighted by atomic mass is 10.0. The Bertz CT molecular complexity index is 1860. The normalized spacial score (nSPS) is 16.9. The van der Waals surface area contributed by atoms with Gasteiger partial charge in [-0.25, -0.2) is 13.2 Å². The minimum atomic E-state index is -4.93. The molecule has 1 aromatic heterocycles. The van der Waals surface area contributed by atoms with Crippen LogP contribution >= 0.6 is 0 Å². The first-order valence-electron chi connectivity index (χ1n) is 17.3. The minimum Gasteiger partial charge on any atom is -0.455 e. The molecule has 3 amide bonds. The maximum atomic E-state index is 14.5. The van der Waals surface area contributed by atoms with Crippen LogP contribution in [0.15, 0.2) is 51.9 Å². The minimum absolute atomic E-state index is 0.0932. The number of hydrogen-bond donors (Lipinski definition) is 0. The van der Waals surface area contributed by atoms with E-state index in [1.807, 2.05) is 4.90 Å². The van der Waals surface area contributed by atoms with E-state index in [9.17, 15) is 31.2 Å². The van der Waals surface area contributed by atoms with E-state index in [0.717, 1.165) is 17.0 Å². The molecule has 3 aromatic rings. The molecule has 2 aromatic carbocycles. The molecule has 0 unspecified atom stereocenters. The summed E-state index contributed by atoms with van der Waals surface area (Å²) in [7, 11) is -0.950. The van der Waals surface area contributed by atoms with Crippen molar-refractivity contribution in [2.24, 2.45) is 0 Å². The highest BCUT2D eigenvalue weighted by atomic mass is 32.2. The summed E-state index contributed by atoms with van der Waals surface area (Å²) in [5.74, 6) is -2.11. The van der Waals surface area contributed by atoms with Crippen LogP contribution in [-0.4, -0.2) is 148 Å². The Kier molecular flexibility index (Phi) is 13.3. The number of alkyl halides is 3. The Morgan fingerprint density at radius 1 is 0.944 bits per heavy atom. The fourth-order valence-electron chi connectivity index (χ4n) is 6.09. The topological polar surface area (TPSA) is 157 Å². The molecule has 0 bridgehead atoms. The summed E-state index contributed by atoms with van der Waals surface area (Å²) in [5, 5.41) is 3.81. The average molecular weight is 783 g/mol. The van der Waals surface area contributed by atoms with Gasteiger partial charge in [-0.1, -0.05) is 17.3 Å². The number of carbonyl (C=O) groups excluding carboxylic acids is 2. The second-order valence-electron chi connectivity index (χ2n) is 13.3. The van der Waals surface area contributed by atoms with Gasteiger partial charge in [0.05, 0.1) is 37.7 Å². The first-order chi connectivity index (χ1) is 25.7. The largest absolute Gasteiger partial charge is 0.455 e. The Morgan fingerprint density at radius 2 is 1.63 bits per heavy atom. The summed E-state index contributed by atoms with van der Waals surface area (Å²) < 4.78 is 96.9. The third kappa shape index (κ3) is 9.74. The van der Waals surface area contributed by atoms with Gasteiger partial charge in [-0.05, 0) is 44.2 Å². The maximum absolute atomic E-state index is 14.5. The Labute approximate surface area is 311 Å². The smallest absolute Gasteiger partial charge is 0.420 e. The van der Waals surface area contributed by atoms with Crippen molar-refractivity contribution in [3.05, 3.63) is 53.9 Å². The monoisotopic (exact) mass is 782 g/mol. The van der Waals surface area contributed by atoms with E-state index in [-0.39, 0.29) is 46.8 Å². The van der Waals surface area contributed by atoms with Gasteiger partial charge in [0.2, 0.25) is 11.7 Å². The molecule has 19 heteroatoms. The van der Waals surface area contributed by atoms with Crippen LogP contribution < -0.4 is 4.74 Å². The average Bonchev–Trinajstić information content (AvgIpc) is 3.67. The van der Waals surface area contributed by atoms with Gasteiger partial charge >= 0.3 is 12.2 Å². The fraction of sp³-hybridized carbons (Fsp3) is 0.543. The first kappa shape index (κ1) is 41.0. The molecule has 2 fully saturated rings. The van der Waals surface area contributed by atoms with Gasteiger partial charge in [-0.2, -0.15) is 18.2 Å². The molecule has 3 heterocycles.